The van der Waals surface area contributed by atoms with Crippen molar-refractivity contribution in [2.45, 2.75) is 6.55 Å². The van der Waals surface area contributed by atoms with E-state index in [0.717, 1.165) is 10.9 Å². The number of thiol groups is 1. The molecule has 1 aromatic carbocycles. The highest BCUT2D eigenvalue weighted by Crippen LogP contribution is 2.06. The van der Waals surface area contributed by atoms with Crippen LogP contribution in [0.1, 0.15) is 0 Å². The van der Waals surface area contributed by atoms with Gasteiger partial charge >= 0.3 is 8.56 Å². The largest absolute Gasteiger partial charge is 0.394 e. The Balaban J connectivity index is 2.79. The molecule has 0 N–H and O–H groups in total. The van der Waals surface area contributed by atoms with Gasteiger partial charge in [0.05, 0.1) is 0 Å². The lowest BCUT2D eigenvalue weighted by Crippen LogP contribution is -2.50. The average molecular weight is 228 g/mol. The van der Waals surface area contributed by atoms with Crippen LogP contribution in [-0.2, 0) is 8.85 Å². The molecule has 0 saturated carbocycles. The highest BCUT2D eigenvalue weighted by Gasteiger charge is 2.32. The van der Waals surface area contributed by atoms with Crippen molar-refractivity contribution in [1.82, 2.24) is 0 Å². The summed E-state index contributed by atoms with van der Waals surface area (Å²) < 4.78 is 11.3. The second-order valence-electron chi connectivity index (χ2n) is 3.09. The monoisotopic (exact) mass is 228 g/mol. The van der Waals surface area contributed by atoms with E-state index in [1.165, 1.54) is 0 Å². The highest BCUT2D eigenvalue weighted by molar-refractivity contribution is 7.80. The van der Waals surface area contributed by atoms with Gasteiger partial charge in [-0.25, -0.2) is 0 Å². The molecule has 0 fully saturated rings. The molecule has 14 heavy (non-hydrogen) atoms. The lowest BCUT2D eigenvalue weighted by Gasteiger charge is -2.24. The third-order valence-electron chi connectivity index (χ3n) is 2.16. The minimum atomic E-state index is -2.17. The van der Waals surface area contributed by atoms with Crippen molar-refractivity contribution in [3.8, 4) is 0 Å². The molecule has 0 spiro atoms. The fraction of sp³-hybridized carbons (Fsp3) is 0.400. The summed E-state index contributed by atoms with van der Waals surface area (Å²) in [6, 6.07) is 10.1. The van der Waals surface area contributed by atoms with Gasteiger partial charge in [0.2, 0.25) is 0 Å². The summed E-state index contributed by atoms with van der Waals surface area (Å²) in [6.45, 7) is 2.68. The van der Waals surface area contributed by atoms with E-state index in [1.54, 1.807) is 7.11 Å². The first-order chi connectivity index (χ1) is 6.73. The number of hydrogen-bond donors (Lipinski definition) is 1. The standard InChI is InChI=1S/C10H16O2SSi/c1-11-14(2,12-8-9-13)10-6-4-3-5-7-10/h3-7,13H,8-9H2,1-2H3. The molecule has 1 aromatic rings. The van der Waals surface area contributed by atoms with Crippen LogP contribution in [-0.4, -0.2) is 28.0 Å². The first-order valence-electron chi connectivity index (χ1n) is 4.58. The maximum atomic E-state index is 5.75. The number of rotatable bonds is 5. The van der Waals surface area contributed by atoms with E-state index in [1.807, 2.05) is 36.9 Å². The van der Waals surface area contributed by atoms with Crippen molar-refractivity contribution in [1.29, 1.82) is 0 Å². The van der Waals surface area contributed by atoms with Crippen molar-refractivity contribution >= 4 is 26.4 Å². The lowest BCUT2D eigenvalue weighted by molar-refractivity contribution is 0.231. The molecule has 2 nitrogen and oxygen atoms in total. The van der Waals surface area contributed by atoms with Gasteiger partial charge in [0.1, 0.15) is 0 Å². The van der Waals surface area contributed by atoms with E-state index < -0.39 is 8.56 Å². The SMILES string of the molecule is CO[Si](C)(OCCS)c1ccccc1. The smallest absolute Gasteiger partial charge is 0.369 e. The van der Waals surface area contributed by atoms with Gasteiger partial charge in [0.15, 0.2) is 0 Å². The fourth-order valence-electron chi connectivity index (χ4n) is 1.24. The van der Waals surface area contributed by atoms with E-state index in [0.29, 0.717) is 6.61 Å². The Kier molecular flexibility index (Phi) is 4.67. The van der Waals surface area contributed by atoms with Crippen LogP contribution in [0, 0.1) is 0 Å². The van der Waals surface area contributed by atoms with Gasteiger partial charge in [0.25, 0.3) is 0 Å². The normalized spacial score (nSPS) is 15.1. The molecule has 78 valence electrons. The molecular weight excluding hydrogens is 212 g/mol. The van der Waals surface area contributed by atoms with Crippen LogP contribution in [0.15, 0.2) is 30.3 Å². The van der Waals surface area contributed by atoms with Crippen LogP contribution in [0.5, 0.6) is 0 Å². The van der Waals surface area contributed by atoms with Gasteiger partial charge < -0.3 is 8.85 Å². The van der Waals surface area contributed by atoms with Crippen molar-refractivity contribution in [3.63, 3.8) is 0 Å². The van der Waals surface area contributed by atoms with Crippen LogP contribution in [0.2, 0.25) is 6.55 Å². The number of hydrogen-bond acceptors (Lipinski definition) is 3. The van der Waals surface area contributed by atoms with E-state index in [9.17, 15) is 0 Å². The summed E-state index contributed by atoms with van der Waals surface area (Å²) in [7, 11) is -0.463. The predicted molar refractivity (Wildman–Crippen MR) is 64.5 cm³/mol. The third kappa shape index (κ3) is 2.85. The second kappa shape index (κ2) is 5.55. The topological polar surface area (TPSA) is 18.5 Å². The molecule has 1 unspecified atom stereocenters. The van der Waals surface area contributed by atoms with Gasteiger partial charge in [-0.1, -0.05) is 30.3 Å². The molecule has 0 heterocycles. The molecule has 0 aliphatic rings. The molecule has 0 aliphatic heterocycles. The summed E-state index contributed by atoms with van der Waals surface area (Å²) >= 11 is 4.13. The van der Waals surface area contributed by atoms with Crippen LogP contribution in [0.25, 0.3) is 0 Å². The zero-order chi connectivity index (χ0) is 10.4. The summed E-state index contributed by atoms with van der Waals surface area (Å²) in [5.74, 6) is 0.721. The van der Waals surface area contributed by atoms with Crippen LogP contribution in [0.3, 0.4) is 0 Å². The Labute approximate surface area is 91.9 Å². The van der Waals surface area contributed by atoms with E-state index in [2.05, 4.69) is 12.6 Å². The molecule has 0 saturated heterocycles. The van der Waals surface area contributed by atoms with Gasteiger partial charge in [-0.2, -0.15) is 12.6 Å². The highest BCUT2D eigenvalue weighted by atomic mass is 32.1. The van der Waals surface area contributed by atoms with E-state index >= 15 is 0 Å². The lowest BCUT2D eigenvalue weighted by atomic mass is 10.4. The second-order valence-corrected chi connectivity index (χ2v) is 6.70. The molecule has 0 bridgehead atoms. The maximum Gasteiger partial charge on any atom is 0.369 e. The molecule has 0 aliphatic carbocycles. The summed E-state index contributed by atoms with van der Waals surface area (Å²) in [5.41, 5.74) is 0. The van der Waals surface area contributed by atoms with Gasteiger partial charge in [-0.15, -0.1) is 0 Å². The minimum absolute atomic E-state index is 0.633. The molecule has 0 amide bonds. The quantitative estimate of drug-likeness (QED) is 0.609. The van der Waals surface area contributed by atoms with E-state index in [-0.39, 0.29) is 0 Å². The molecular formula is C10H16O2SSi. The van der Waals surface area contributed by atoms with Gasteiger partial charge in [-0.05, 0) is 11.7 Å². The van der Waals surface area contributed by atoms with Crippen molar-refractivity contribution < 1.29 is 8.85 Å². The first kappa shape index (κ1) is 11.8. The zero-order valence-electron chi connectivity index (χ0n) is 8.56. The van der Waals surface area contributed by atoms with Crippen LogP contribution in [0.4, 0.5) is 0 Å². The van der Waals surface area contributed by atoms with E-state index in [4.69, 9.17) is 8.85 Å². The Morgan fingerprint density at radius 2 is 1.93 bits per heavy atom. The van der Waals surface area contributed by atoms with Crippen LogP contribution < -0.4 is 5.19 Å². The summed E-state index contributed by atoms with van der Waals surface area (Å²) in [4.78, 5) is 0. The van der Waals surface area contributed by atoms with Crippen molar-refractivity contribution in [2.24, 2.45) is 0 Å². The Morgan fingerprint density at radius 1 is 1.29 bits per heavy atom. The Bertz CT molecular complexity index is 268. The Morgan fingerprint density at radius 3 is 2.43 bits per heavy atom. The summed E-state index contributed by atoms with van der Waals surface area (Å²) in [5, 5.41) is 1.16. The predicted octanol–water partition coefficient (Wildman–Crippen LogP) is 1.56. The third-order valence-corrected chi connectivity index (χ3v) is 5.26. The Hall–Kier alpha value is -0.293. The van der Waals surface area contributed by atoms with Crippen LogP contribution >= 0.6 is 12.6 Å². The molecule has 0 aromatic heterocycles. The average Bonchev–Trinajstić information content (AvgIpc) is 2.27. The minimum Gasteiger partial charge on any atom is -0.394 e. The maximum absolute atomic E-state index is 5.75. The summed E-state index contributed by atoms with van der Waals surface area (Å²) in [6.07, 6.45) is 0. The first-order valence-corrected chi connectivity index (χ1v) is 7.53. The molecule has 4 heteroatoms. The zero-order valence-corrected chi connectivity index (χ0v) is 10.5. The fourth-order valence-corrected chi connectivity index (χ4v) is 3.31. The number of benzene rings is 1. The molecule has 1 atom stereocenters. The van der Waals surface area contributed by atoms with Gasteiger partial charge in [0, 0.05) is 19.5 Å². The van der Waals surface area contributed by atoms with Gasteiger partial charge in [-0.3, -0.25) is 0 Å². The van der Waals surface area contributed by atoms with Crippen molar-refractivity contribution in [3.05, 3.63) is 30.3 Å². The molecule has 1 rings (SSSR count). The van der Waals surface area contributed by atoms with Crippen molar-refractivity contribution in [2.75, 3.05) is 19.5 Å². The molecule has 0 radical (unpaired) electrons.